The molecule has 2 aliphatic rings. The molecule has 0 aromatic heterocycles. The Bertz CT molecular complexity index is 335. The van der Waals surface area contributed by atoms with Gasteiger partial charge < -0.3 is 4.90 Å². The van der Waals surface area contributed by atoms with E-state index in [0.29, 0.717) is 0 Å². The van der Waals surface area contributed by atoms with E-state index in [4.69, 9.17) is 0 Å². The Labute approximate surface area is 77.8 Å². The molecular weight excluding hydrogens is 190 g/mol. The van der Waals surface area contributed by atoms with Crippen LogP contribution in [0.3, 0.4) is 0 Å². The summed E-state index contributed by atoms with van der Waals surface area (Å²) < 4.78 is 23.0. The van der Waals surface area contributed by atoms with Crippen molar-refractivity contribution in [2.45, 2.75) is 31.1 Å². The lowest BCUT2D eigenvalue weighted by Gasteiger charge is -2.41. The molecule has 2 atom stereocenters. The summed E-state index contributed by atoms with van der Waals surface area (Å²) in [4.78, 5) is 13.1. The molecule has 1 amide bonds. The number of nitrogens with zero attached hydrogens (tertiary/aromatic N) is 1. The molecule has 0 bridgehead atoms. The topological polar surface area (TPSA) is 54.5 Å². The van der Waals surface area contributed by atoms with Crippen LogP contribution >= 0.6 is 0 Å². The average Bonchev–Trinajstić information content (AvgIpc) is 2.47. The van der Waals surface area contributed by atoms with E-state index in [0.717, 1.165) is 19.4 Å². The molecule has 4 nitrogen and oxygen atoms in total. The summed E-state index contributed by atoms with van der Waals surface area (Å²) in [6.07, 6.45) is 1.81. The third-order valence-corrected chi connectivity index (χ3v) is 5.06. The second-order valence-corrected chi connectivity index (χ2v) is 6.02. The standard InChI is InChI=1S/C8H13NO3S/c1-2-13(11,12)7-6-4-3-5-9(6)8(7)10/h6-7H,2-5H2,1H3/t6-,7+/m1/s1. The first-order valence-corrected chi connectivity index (χ1v) is 6.31. The number of carbonyl (C=O) groups excluding carboxylic acids is 1. The fraction of sp³-hybridized carbons (Fsp3) is 0.875. The first-order valence-electron chi connectivity index (χ1n) is 4.60. The third-order valence-electron chi connectivity index (χ3n) is 2.96. The van der Waals surface area contributed by atoms with Gasteiger partial charge in [-0.15, -0.1) is 0 Å². The van der Waals surface area contributed by atoms with E-state index in [1.807, 2.05) is 0 Å². The number of hydrogen-bond donors (Lipinski definition) is 0. The Balaban J connectivity index is 2.23. The van der Waals surface area contributed by atoms with Gasteiger partial charge in [0, 0.05) is 12.3 Å². The first-order chi connectivity index (χ1) is 6.08. The van der Waals surface area contributed by atoms with E-state index >= 15 is 0 Å². The van der Waals surface area contributed by atoms with Crippen LogP contribution in [0, 0.1) is 0 Å². The Hall–Kier alpha value is -0.580. The molecule has 0 N–H and O–H groups in total. The quantitative estimate of drug-likeness (QED) is 0.584. The zero-order valence-corrected chi connectivity index (χ0v) is 8.38. The van der Waals surface area contributed by atoms with Crippen molar-refractivity contribution in [2.24, 2.45) is 0 Å². The SMILES string of the molecule is CCS(=O)(=O)[C@@H]1C(=O)N2CCC[C@H]12. The lowest BCUT2D eigenvalue weighted by molar-refractivity contribution is -0.141. The minimum atomic E-state index is -3.16. The zero-order chi connectivity index (χ0) is 9.64. The van der Waals surface area contributed by atoms with Crippen LogP contribution < -0.4 is 0 Å². The molecule has 0 spiro atoms. The van der Waals surface area contributed by atoms with Gasteiger partial charge in [-0.05, 0) is 12.8 Å². The van der Waals surface area contributed by atoms with Gasteiger partial charge in [-0.1, -0.05) is 6.92 Å². The molecular formula is C8H13NO3S. The van der Waals surface area contributed by atoms with Crippen LogP contribution in [0.15, 0.2) is 0 Å². The van der Waals surface area contributed by atoms with Crippen LogP contribution in [0.1, 0.15) is 19.8 Å². The molecule has 0 aliphatic carbocycles. The molecule has 74 valence electrons. The normalized spacial score (nSPS) is 33.0. The van der Waals surface area contributed by atoms with Gasteiger partial charge in [-0.25, -0.2) is 8.42 Å². The van der Waals surface area contributed by atoms with Gasteiger partial charge >= 0.3 is 0 Å². The second-order valence-electron chi connectivity index (χ2n) is 3.61. The summed E-state index contributed by atoms with van der Waals surface area (Å²) >= 11 is 0. The smallest absolute Gasteiger partial charge is 0.243 e. The van der Waals surface area contributed by atoms with Crippen molar-refractivity contribution < 1.29 is 13.2 Å². The Kier molecular flexibility index (Phi) is 1.87. The predicted octanol–water partition coefficient (Wildman–Crippen LogP) is -0.206. The van der Waals surface area contributed by atoms with Gasteiger partial charge in [-0.2, -0.15) is 0 Å². The average molecular weight is 203 g/mol. The predicted molar refractivity (Wildman–Crippen MR) is 48.0 cm³/mol. The highest BCUT2D eigenvalue weighted by Gasteiger charge is 2.55. The molecule has 0 radical (unpaired) electrons. The molecule has 0 aromatic carbocycles. The maximum Gasteiger partial charge on any atom is 0.243 e. The molecule has 13 heavy (non-hydrogen) atoms. The summed E-state index contributed by atoms with van der Waals surface area (Å²) in [5.41, 5.74) is 0. The summed E-state index contributed by atoms with van der Waals surface area (Å²) in [5.74, 6) is -0.0994. The number of hydrogen-bond acceptors (Lipinski definition) is 3. The number of β-lactam (4-membered cyclic amide) rings is 1. The maximum atomic E-state index is 11.5. The van der Waals surface area contributed by atoms with Crippen molar-refractivity contribution in [3.63, 3.8) is 0 Å². The van der Waals surface area contributed by atoms with E-state index in [-0.39, 0.29) is 17.7 Å². The van der Waals surface area contributed by atoms with Gasteiger partial charge in [0.05, 0.1) is 6.04 Å². The van der Waals surface area contributed by atoms with Crippen LogP contribution in [0.4, 0.5) is 0 Å². The lowest BCUT2D eigenvalue weighted by Crippen LogP contribution is -2.64. The second kappa shape index (κ2) is 2.70. The molecule has 2 saturated heterocycles. The van der Waals surface area contributed by atoms with E-state index in [2.05, 4.69) is 0 Å². The Morgan fingerprint density at radius 2 is 2.23 bits per heavy atom. The van der Waals surface area contributed by atoms with Crippen molar-refractivity contribution in [1.82, 2.24) is 4.90 Å². The first kappa shape index (κ1) is 8.99. The van der Waals surface area contributed by atoms with Crippen molar-refractivity contribution in [1.29, 1.82) is 0 Å². The highest BCUT2D eigenvalue weighted by Crippen LogP contribution is 2.34. The van der Waals surface area contributed by atoms with Gasteiger partial charge in [0.15, 0.2) is 15.1 Å². The van der Waals surface area contributed by atoms with Crippen LogP contribution in [-0.2, 0) is 14.6 Å². The summed E-state index contributed by atoms with van der Waals surface area (Å²) in [6.45, 7) is 2.35. The fourth-order valence-electron chi connectivity index (χ4n) is 2.20. The van der Waals surface area contributed by atoms with Gasteiger partial charge in [0.1, 0.15) is 0 Å². The minimum absolute atomic E-state index is 0.00236. The van der Waals surface area contributed by atoms with E-state index in [1.54, 1.807) is 11.8 Å². The molecule has 2 rings (SSSR count). The molecule has 5 heteroatoms. The number of fused-ring (bicyclic) bond motifs is 1. The molecule has 0 saturated carbocycles. The van der Waals surface area contributed by atoms with Crippen molar-refractivity contribution in [3.05, 3.63) is 0 Å². The number of amides is 1. The highest BCUT2D eigenvalue weighted by atomic mass is 32.2. The van der Waals surface area contributed by atoms with Gasteiger partial charge in [-0.3, -0.25) is 4.79 Å². The summed E-state index contributed by atoms with van der Waals surface area (Å²) in [6, 6.07) is -0.00236. The van der Waals surface area contributed by atoms with E-state index in [9.17, 15) is 13.2 Å². The number of rotatable bonds is 2. The lowest BCUT2D eigenvalue weighted by atomic mass is 10.0. The highest BCUT2D eigenvalue weighted by molar-refractivity contribution is 7.92. The summed E-state index contributed by atoms with van der Waals surface area (Å²) in [7, 11) is -3.16. The molecule has 2 heterocycles. The summed E-state index contributed by atoms with van der Waals surface area (Å²) in [5, 5.41) is -0.708. The minimum Gasteiger partial charge on any atom is -0.337 e. The largest absolute Gasteiger partial charge is 0.337 e. The maximum absolute atomic E-state index is 11.5. The monoisotopic (exact) mass is 203 g/mol. The zero-order valence-electron chi connectivity index (χ0n) is 7.56. The van der Waals surface area contributed by atoms with Gasteiger partial charge in [0.25, 0.3) is 0 Å². The Morgan fingerprint density at radius 1 is 1.54 bits per heavy atom. The molecule has 2 aliphatic heterocycles. The molecule has 0 aromatic rings. The van der Waals surface area contributed by atoms with Gasteiger partial charge in [0.2, 0.25) is 5.91 Å². The Morgan fingerprint density at radius 3 is 2.85 bits per heavy atom. The van der Waals surface area contributed by atoms with Crippen LogP contribution in [-0.4, -0.2) is 42.8 Å². The molecule has 2 fully saturated rings. The van der Waals surface area contributed by atoms with Crippen molar-refractivity contribution in [3.8, 4) is 0 Å². The third kappa shape index (κ3) is 1.10. The van der Waals surface area contributed by atoms with Crippen molar-refractivity contribution >= 4 is 15.7 Å². The molecule has 0 unspecified atom stereocenters. The van der Waals surface area contributed by atoms with Crippen molar-refractivity contribution in [2.75, 3.05) is 12.3 Å². The number of carbonyl (C=O) groups is 1. The van der Waals surface area contributed by atoms with Crippen LogP contribution in [0.5, 0.6) is 0 Å². The van der Waals surface area contributed by atoms with E-state index in [1.165, 1.54) is 0 Å². The fourth-order valence-corrected chi connectivity index (χ4v) is 3.76. The van der Waals surface area contributed by atoms with E-state index < -0.39 is 15.1 Å². The van der Waals surface area contributed by atoms with Crippen LogP contribution in [0.25, 0.3) is 0 Å². The van der Waals surface area contributed by atoms with Crippen LogP contribution in [0.2, 0.25) is 0 Å². The number of sulfone groups is 1.